The van der Waals surface area contributed by atoms with Gasteiger partial charge in [-0.15, -0.1) is 0 Å². The van der Waals surface area contributed by atoms with Gasteiger partial charge in [0.2, 0.25) is 0 Å². The highest BCUT2D eigenvalue weighted by molar-refractivity contribution is 5.95. The van der Waals surface area contributed by atoms with Gasteiger partial charge in [-0.05, 0) is 43.0 Å². The van der Waals surface area contributed by atoms with Crippen LogP contribution in [0.15, 0.2) is 48.5 Å². The maximum Gasteiger partial charge on any atom is 0.320 e. The van der Waals surface area contributed by atoms with E-state index in [0.717, 1.165) is 24.0 Å². The monoisotopic (exact) mass is 462 g/mol. The highest BCUT2D eigenvalue weighted by Crippen LogP contribution is 2.23. The van der Waals surface area contributed by atoms with E-state index in [0.29, 0.717) is 31.7 Å². The Morgan fingerprint density at radius 3 is 1.91 bits per heavy atom. The van der Waals surface area contributed by atoms with Gasteiger partial charge in [0.05, 0.1) is 12.1 Å². The lowest BCUT2D eigenvalue weighted by atomic mass is 10.0. The molecule has 2 fully saturated rings. The molecule has 3 amide bonds. The van der Waals surface area contributed by atoms with Crippen LogP contribution in [0.1, 0.15) is 28.8 Å². The molecule has 0 bridgehead atoms. The Labute approximate surface area is 201 Å². The minimum Gasteiger partial charge on any atom is -0.370 e. The normalized spacial score (nSPS) is 19.9. The average molecular weight is 463 g/mol. The molecule has 3 N–H and O–H groups in total. The number of carbonyl (C=O) groups is 2. The van der Waals surface area contributed by atoms with Crippen LogP contribution in [-0.2, 0) is 0 Å². The number of likely N-dealkylation sites (N-methyl/N-ethyl adjacent to an activating group) is 2. The third kappa shape index (κ3) is 4.85. The number of hydrogen-bond acceptors (Lipinski definition) is 3. The van der Waals surface area contributed by atoms with E-state index >= 15 is 0 Å². The standard InChI is InChI=1S/C26H34N6O2/c1-18-4-6-19(7-5-18)20-8-10-21(11-9-20)24(33)29(2)22-13-15-32(17-22)26(34)30(3)23-12-14-31(16-23)25(27)28/h4-11,22-23H,12-17H2,1-3H3,(H3,27,28)/t22-,23?/m0/s1. The Bertz CT molecular complexity index is 1050. The lowest BCUT2D eigenvalue weighted by Gasteiger charge is -2.30. The quantitative estimate of drug-likeness (QED) is 0.539. The Hall–Kier alpha value is -3.55. The van der Waals surface area contributed by atoms with Crippen molar-refractivity contribution < 1.29 is 9.59 Å². The van der Waals surface area contributed by atoms with Crippen molar-refractivity contribution >= 4 is 17.9 Å². The molecule has 180 valence electrons. The van der Waals surface area contributed by atoms with E-state index in [-0.39, 0.29) is 30.0 Å². The fraction of sp³-hybridized carbons (Fsp3) is 0.423. The number of nitrogens with one attached hydrogen (secondary N) is 1. The first-order valence-electron chi connectivity index (χ1n) is 11.8. The number of likely N-dealkylation sites (tertiary alicyclic amines) is 2. The molecule has 2 aromatic rings. The maximum atomic E-state index is 13.1. The van der Waals surface area contributed by atoms with Crippen molar-refractivity contribution in [1.82, 2.24) is 19.6 Å². The zero-order valence-corrected chi connectivity index (χ0v) is 20.2. The van der Waals surface area contributed by atoms with Crippen molar-refractivity contribution in [3.63, 3.8) is 0 Å². The van der Waals surface area contributed by atoms with Crippen LogP contribution in [0.3, 0.4) is 0 Å². The molecule has 0 aliphatic carbocycles. The van der Waals surface area contributed by atoms with Crippen molar-refractivity contribution in [3.8, 4) is 11.1 Å². The molecule has 34 heavy (non-hydrogen) atoms. The molecule has 0 spiro atoms. The molecule has 2 saturated heterocycles. The second-order valence-electron chi connectivity index (χ2n) is 9.42. The largest absolute Gasteiger partial charge is 0.370 e. The fourth-order valence-corrected chi connectivity index (χ4v) is 4.81. The summed E-state index contributed by atoms with van der Waals surface area (Å²) in [5, 5.41) is 7.60. The number of urea groups is 1. The Morgan fingerprint density at radius 1 is 0.853 bits per heavy atom. The van der Waals surface area contributed by atoms with Gasteiger partial charge >= 0.3 is 6.03 Å². The van der Waals surface area contributed by atoms with Gasteiger partial charge in [-0.1, -0.05) is 42.0 Å². The first-order chi connectivity index (χ1) is 16.2. The third-order valence-electron chi connectivity index (χ3n) is 7.17. The summed E-state index contributed by atoms with van der Waals surface area (Å²) in [5.41, 5.74) is 9.66. The first kappa shape index (κ1) is 23.6. The van der Waals surface area contributed by atoms with E-state index in [1.165, 1.54) is 5.56 Å². The average Bonchev–Trinajstić information content (AvgIpc) is 3.53. The molecule has 0 aromatic heterocycles. The highest BCUT2D eigenvalue weighted by Gasteiger charge is 2.36. The van der Waals surface area contributed by atoms with E-state index < -0.39 is 0 Å². The van der Waals surface area contributed by atoms with E-state index in [1.807, 2.05) is 43.3 Å². The number of benzene rings is 2. The summed E-state index contributed by atoms with van der Waals surface area (Å²) >= 11 is 0. The predicted molar refractivity (Wildman–Crippen MR) is 134 cm³/mol. The van der Waals surface area contributed by atoms with Crippen LogP contribution >= 0.6 is 0 Å². The molecular weight excluding hydrogens is 428 g/mol. The zero-order valence-electron chi connectivity index (χ0n) is 20.2. The van der Waals surface area contributed by atoms with Gasteiger partial charge in [-0.3, -0.25) is 10.2 Å². The van der Waals surface area contributed by atoms with Crippen LogP contribution in [0.25, 0.3) is 11.1 Å². The maximum absolute atomic E-state index is 13.1. The highest BCUT2D eigenvalue weighted by atomic mass is 16.2. The van der Waals surface area contributed by atoms with Crippen molar-refractivity contribution in [2.45, 2.75) is 31.8 Å². The van der Waals surface area contributed by atoms with Crippen LogP contribution < -0.4 is 5.73 Å². The van der Waals surface area contributed by atoms with Crippen molar-refractivity contribution in [1.29, 1.82) is 5.41 Å². The smallest absolute Gasteiger partial charge is 0.320 e. The Balaban J connectivity index is 1.34. The summed E-state index contributed by atoms with van der Waals surface area (Å²) < 4.78 is 0. The second kappa shape index (κ2) is 9.75. The number of carbonyl (C=O) groups excluding carboxylic acids is 2. The summed E-state index contributed by atoms with van der Waals surface area (Å²) in [6.45, 7) is 4.50. The lowest BCUT2D eigenvalue weighted by molar-refractivity contribution is 0.0734. The molecule has 4 rings (SSSR count). The topological polar surface area (TPSA) is 97.0 Å². The lowest BCUT2D eigenvalue weighted by Crippen LogP contribution is -2.48. The zero-order chi connectivity index (χ0) is 24.4. The minimum atomic E-state index is -0.0315. The van der Waals surface area contributed by atoms with Gasteiger partial charge in [0.1, 0.15) is 0 Å². The van der Waals surface area contributed by atoms with Crippen molar-refractivity contribution in [2.75, 3.05) is 40.3 Å². The second-order valence-corrected chi connectivity index (χ2v) is 9.42. The van der Waals surface area contributed by atoms with Crippen LogP contribution in [0, 0.1) is 12.3 Å². The number of amides is 3. The van der Waals surface area contributed by atoms with Crippen LogP contribution in [0.2, 0.25) is 0 Å². The Kier molecular flexibility index (Phi) is 6.77. The van der Waals surface area contributed by atoms with Crippen LogP contribution in [0.5, 0.6) is 0 Å². The van der Waals surface area contributed by atoms with Crippen LogP contribution in [0.4, 0.5) is 4.79 Å². The molecule has 2 aromatic carbocycles. The molecule has 8 nitrogen and oxygen atoms in total. The van der Waals surface area contributed by atoms with E-state index in [4.69, 9.17) is 11.1 Å². The summed E-state index contributed by atoms with van der Waals surface area (Å²) in [4.78, 5) is 33.3. The SMILES string of the molecule is Cc1ccc(-c2ccc(C(=O)N(C)[C@H]3CCN(C(=O)N(C)C4CCN(C(=N)N)C4)C3)cc2)cc1. The third-order valence-corrected chi connectivity index (χ3v) is 7.17. The van der Waals surface area contributed by atoms with Gasteiger partial charge in [-0.25, -0.2) is 4.79 Å². The summed E-state index contributed by atoms with van der Waals surface area (Å²) in [7, 11) is 3.63. The number of hydrogen-bond donors (Lipinski definition) is 2. The molecule has 0 saturated carbocycles. The molecule has 2 aliphatic rings. The van der Waals surface area contributed by atoms with E-state index in [2.05, 4.69) is 31.2 Å². The van der Waals surface area contributed by atoms with Crippen molar-refractivity contribution in [3.05, 3.63) is 59.7 Å². The van der Waals surface area contributed by atoms with Crippen LogP contribution in [-0.4, -0.2) is 89.9 Å². The van der Waals surface area contributed by atoms with E-state index in [9.17, 15) is 9.59 Å². The molecule has 2 aliphatic heterocycles. The first-order valence-corrected chi connectivity index (χ1v) is 11.8. The Morgan fingerprint density at radius 2 is 1.35 bits per heavy atom. The number of nitrogens with two attached hydrogens (primary N) is 1. The number of guanidine groups is 1. The minimum absolute atomic E-state index is 0.0149. The summed E-state index contributed by atoms with van der Waals surface area (Å²) in [6, 6.07) is 16.1. The summed E-state index contributed by atoms with van der Waals surface area (Å²) in [5.74, 6) is 0.0209. The molecular formula is C26H34N6O2. The van der Waals surface area contributed by atoms with Gasteiger partial charge < -0.3 is 25.3 Å². The predicted octanol–water partition coefficient (Wildman–Crippen LogP) is 2.83. The molecule has 1 unspecified atom stereocenters. The van der Waals surface area contributed by atoms with Gasteiger partial charge in [0, 0.05) is 45.8 Å². The molecule has 2 atom stereocenters. The number of aryl methyl sites for hydroxylation is 1. The van der Waals surface area contributed by atoms with Gasteiger partial charge in [-0.2, -0.15) is 0 Å². The van der Waals surface area contributed by atoms with Gasteiger partial charge in [0.15, 0.2) is 5.96 Å². The molecule has 2 heterocycles. The number of rotatable bonds is 4. The van der Waals surface area contributed by atoms with Crippen molar-refractivity contribution in [2.24, 2.45) is 5.73 Å². The fourth-order valence-electron chi connectivity index (χ4n) is 4.81. The summed E-state index contributed by atoms with van der Waals surface area (Å²) in [6.07, 6.45) is 1.56. The number of nitrogens with zero attached hydrogens (tertiary/aromatic N) is 4. The molecule has 8 heteroatoms. The van der Waals surface area contributed by atoms with E-state index in [1.54, 1.807) is 14.7 Å². The van der Waals surface area contributed by atoms with Gasteiger partial charge in [0.25, 0.3) is 5.91 Å². The molecule has 0 radical (unpaired) electrons.